The van der Waals surface area contributed by atoms with Crippen molar-refractivity contribution >= 4 is 27.3 Å². The zero-order chi connectivity index (χ0) is 11.8. The molecule has 17 heavy (non-hydrogen) atoms. The number of aromatic nitrogens is 3. The van der Waals surface area contributed by atoms with Gasteiger partial charge in [0.1, 0.15) is 0 Å². The van der Waals surface area contributed by atoms with Crippen molar-refractivity contribution in [3.8, 4) is 11.1 Å². The predicted octanol–water partition coefficient (Wildman–Crippen LogP) is 2.74. The topological polar surface area (TPSA) is 56.2 Å². The van der Waals surface area contributed by atoms with E-state index in [-0.39, 0.29) is 0 Å². The lowest BCUT2D eigenvalue weighted by Gasteiger charge is -2.04. The Balaban J connectivity index is 2.22. The molecule has 0 saturated carbocycles. The minimum Gasteiger partial charge on any atom is -0.394 e. The quantitative estimate of drug-likeness (QED) is 0.749. The van der Waals surface area contributed by atoms with Crippen LogP contribution in [0.5, 0.6) is 0 Å². The molecule has 3 rings (SSSR count). The van der Waals surface area contributed by atoms with Crippen LogP contribution in [-0.4, -0.2) is 14.6 Å². The van der Waals surface area contributed by atoms with Crippen LogP contribution < -0.4 is 5.73 Å². The lowest BCUT2D eigenvalue weighted by molar-refractivity contribution is 0.941. The smallest absolute Gasteiger partial charge is 0.178 e. The zero-order valence-corrected chi connectivity index (χ0v) is 10.4. The van der Waals surface area contributed by atoms with Gasteiger partial charge in [0, 0.05) is 22.4 Å². The minimum absolute atomic E-state index is 0.587. The van der Waals surface area contributed by atoms with E-state index < -0.39 is 0 Å². The van der Waals surface area contributed by atoms with E-state index in [1.807, 2.05) is 30.5 Å². The van der Waals surface area contributed by atoms with Crippen LogP contribution in [0.1, 0.15) is 0 Å². The van der Waals surface area contributed by atoms with E-state index in [0.29, 0.717) is 11.3 Å². The summed E-state index contributed by atoms with van der Waals surface area (Å²) in [6.07, 6.45) is 5.32. The fourth-order valence-electron chi connectivity index (χ4n) is 1.73. The number of halogens is 1. The summed E-state index contributed by atoms with van der Waals surface area (Å²) in [6, 6.07) is 7.99. The standard InChI is InChI=1S/C12H9BrN4/c13-10-4-2-1-3-9(10)8-5-15-12-11(14)6-16-17(12)7-8/h1-7H,14H2. The van der Waals surface area contributed by atoms with Crippen molar-refractivity contribution in [2.24, 2.45) is 0 Å². The molecule has 3 aromatic rings. The molecule has 2 aromatic heterocycles. The summed E-state index contributed by atoms with van der Waals surface area (Å²) >= 11 is 3.52. The molecule has 0 fully saturated rings. The highest BCUT2D eigenvalue weighted by Crippen LogP contribution is 2.27. The van der Waals surface area contributed by atoms with E-state index in [1.165, 1.54) is 0 Å². The molecular weight excluding hydrogens is 280 g/mol. The fraction of sp³-hybridized carbons (Fsp3) is 0. The van der Waals surface area contributed by atoms with Crippen LogP contribution in [-0.2, 0) is 0 Å². The Labute approximate surface area is 106 Å². The van der Waals surface area contributed by atoms with Crippen LogP contribution in [0.25, 0.3) is 16.8 Å². The molecule has 0 amide bonds. The number of hydrogen-bond donors (Lipinski definition) is 1. The van der Waals surface area contributed by atoms with Crippen molar-refractivity contribution in [1.82, 2.24) is 14.6 Å². The number of benzene rings is 1. The van der Waals surface area contributed by atoms with Crippen LogP contribution in [0.4, 0.5) is 5.69 Å². The number of rotatable bonds is 1. The summed E-state index contributed by atoms with van der Waals surface area (Å²) in [5, 5.41) is 4.15. The third-order valence-electron chi connectivity index (χ3n) is 2.57. The van der Waals surface area contributed by atoms with Gasteiger partial charge >= 0.3 is 0 Å². The maximum Gasteiger partial charge on any atom is 0.178 e. The van der Waals surface area contributed by atoms with Crippen LogP contribution in [0.15, 0.2) is 47.3 Å². The highest BCUT2D eigenvalue weighted by Gasteiger charge is 2.06. The van der Waals surface area contributed by atoms with Crippen LogP contribution in [0, 0.1) is 0 Å². The SMILES string of the molecule is Nc1cnn2cc(-c3ccccc3Br)cnc12. The number of fused-ring (bicyclic) bond motifs is 1. The van der Waals surface area contributed by atoms with Gasteiger partial charge in [-0.3, -0.25) is 0 Å². The first kappa shape index (κ1) is 10.3. The third-order valence-corrected chi connectivity index (χ3v) is 3.26. The van der Waals surface area contributed by atoms with E-state index in [1.54, 1.807) is 16.9 Å². The summed E-state index contributed by atoms with van der Waals surface area (Å²) in [6.45, 7) is 0. The van der Waals surface area contributed by atoms with E-state index in [0.717, 1.165) is 15.6 Å². The Bertz CT molecular complexity index is 690. The van der Waals surface area contributed by atoms with E-state index in [2.05, 4.69) is 26.0 Å². The van der Waals surface area contributed by atoms with Crippen molar-refractivity contribution in [3.63, 3.8) is 0 Å². The van der Waals surface area contributed by atoms with E-state index >= 15 is 0 Å². The predicted molar refractivity (Wildman–Crippen MR) is 70.5 cm³/mol. The minimum atomic E-state index is 0.587. The average molecular weight is 289 g/mol. The number of hydrogen-bond acceptors (Lipinski definition) is 3. The van der Waals surface area contributed by atoms with Crippen LogP contribution in [0.3, 0.4) is 0 Å². The first-order chi connectivity index (χ1) is 8.25. The number of nitrogens with zero attached hydrogens (tertiary/aromatic N) is 3. The lowest BCUT2D eigenvalue weighted by atomic mass is 10.1. The molecule has 0 spiro atoms. The fourth-order valence-corrected chi connectivity index (χ4v) is 2.24. The van der Waals surface area contributed by atoms with Crippen molar-refractivity contribution in [1.29, 1.82) is 0 Å². The Morgan fingerprint density at radius 2 is 2.00 bits per heavy atom. The molecular formula is C12H9BrN4. The number of anilines is 1. The van der Waals surface area contributed by atoms with E-state index in [4.69, 9.17) is 5.73 Å². The second-order valence-electron chi connectivity index (χ2n) is 3.69. The Hall–Kier alpha value is -1.88. The molecule has 0 aliphatic carbocycles. The number of nitrogens with two attached hydrogens (primary N) is 1. The maximum absolute atomic E-state index is 5.74. The van der Waals surface area contributed by atoms with Crippen molar-refractivity contribution in [3.05, 3.63) is 47.3 Å². The molecule has 0 unspecified atom stereocenters. The van der Waals surface area contributed by atoms with Gasteiger partial charge < -0.3 is 5.73 Å². The van der Waals surface area contributed by atoms with Crippen molar-refractivity contribution in [2.45, 2.75) is 0 Å². The van der Waals surface area contributed by atoms with Gasteiger partial charge in [-0.2, -0.15) is 5.10 Å². The maximum atomic E-state index is 5.74. The second-order valence-corrected chi connectivity index (χ2v) is 4.54. The molecule has 4 nitrogen and oxygen atoms in total. The molecule has 2 N–H and O–H groups in total. The van der Waals surface area contributed by atoms with E-state index in [9.17, 15) is 0 Å². The molecule has 0 aliphatic heterocycles. The van der Waals surface area contributed by atoms with Gasteiger partial charge in [-0.25, -0.2) is 9.50 Å². The normalized spacial score (nSPS) is 10.9. The highest BCUT2D eigenvalue weighted by molar-refractivity contribution is 9.10. The zero-order valence-electron chi connectivity index (χ0n) is 8.84. The van der Waals surface area contributed by atoms with Crippen LogP contribution >= 0.6 is 15.9 Å². The van der Waals surface area contributed by atoms with Gasteiger partial charge in [-0.05, 0) is 11.6 Å². The Morgan fingerprint density at radius 3 is 2.82 bits per heavy atom. The van der Waals surface area contributed by atoms with Crippen molar-refractivity contribution < 1.29 is 0 Å². The van der Waals surface area contributed by atoms with Crippen molar-refractivity contribution in [2.75, 3.05) is 5.73 Å². The summed E-state index contributed by atoms with van der Waals surface area (Å²) in [7, 11) is 0. The second kappa shape index (κ2) is 3.85. The molecule has 0 radical (unpaired) electrons. The molecule has 0 atom stereocenters. The van der Waals surface area contributed by atoms with Gasteiger partial charge in [-0.1, -0.05) is 34.1 Å². The first-order valence-electron chi connectivity index (χ1n) is 5.09. The molecule has 0 saturated heterocycles. The van der Waals surface area contributed by atoms with Gasteiger partial charge in [0.15, 0.2) is 5.65 Å². The number of nitrogen functional groups attached to an aromatic ring is 1. The summed E-state index contributed by atoms with van der Waals surface area (Å²) < 4.78 is 2.71. The molecule has 0 aliphatic rings. The monoisotopic (exact) mass is 288 g/mol. The van der Waals surface area contributed by atoms with Gasteiger partial charge in [0.2, 0.25) is 0 Å². The Kier molecular flexibility index (Phi) is 2.33. The lowest BCUT2D eigenvalue weighted by Crippen LogP contribution is -1.93. The third kappa shape index (κ3) is 1.68. The average Bonchev–Trinajstić information content (AvgIpc) is 2.71. The molecule has 1 aromatic carbocycles. The summed E-state index contributed by atoms with van der Waals surface area (Å²) in [5.41, 5.74) is 9.08. The Morgan fingerprint density at radius 1 is 1.18 bits per heavy atom. The molecule has 84 valence electrons. The van der Waals surface area contributed by atoms with Gasteiger partial charge in [-0.15, -0.1) is 0 Å². The first-order valence-corrected chi connectivity index (χ1v) is 5.89. The van der Waals surface area contributed by atoms with Crippen LogP contribution in [0.2, 0.25) is 0 Å². The van der Waals surface area contributed by atoms with Gasteiger partial charge in [0.25, 0.3) is 0 Å². The van der Waals surface area contributed by atoms with Gasteiger partial charge in [0.05, 0.1) is 11.9 Å². The molecule has 5 heteroatoms. The summed E-state index contributed by atoms with van der Waals surface area (Å²) in [5.74, 6) is 0. The largest absolute Gasteiger partial charge is 0.394 e. The highest BCUT2D eigenvalue weighted by atomic mass is 79.9. The molecule has 2 heterocycles. The molecule has 0 bridgehead atoms. The summed E-state index contributed by atoms with van der Waals surface area (Å²) in [4.78, 5) is 4.31.